The lowest BCUT2D eigenvalue weighted by Crippen LogP contribution is -2.39. The summed E-state index contributed by atoms with van der Waals surface area (Å²) in [5.74, 6) is -1.51. The van der Waals surface area contributed by atoms with Crippen molar-refractivity contribution >= 4 is 39.9 Å². The van der Waals surface area contributed by atoms with Crippen LogP contribution in [0.2, 0.25) is 0 Å². The number of anilines is 2. The molecule has 0 saturated carbocycles. The fourth-order valence-electron chi connectivity index (χ4n) is 3.05. The van der Waals surface area contributed by atoms with Crippen molar-refractivity contribution in [1.82, 2.24) is 9.88 Å². The number of carbonyl (C=O) groups is 3. The van der Waals surface area contributed by atoms with Gasteiger partial charge in [-0.3, -0.25) is 19.7 Å². The first-order chi connectivity index (χ1) is 16.2. The Morgan fingerprint density at radius 3 is 2.35 bits per heavy atom. The highest BCUT2D eigenvalue weighted by Crippen LogP contribution is 2.34. The summed E-state index contributed by atoms with van der Waals surface area (Å²) in [6.45, 7) is 1.42. The smallest absolute Gasteiger partial charge is 0.333 e. The summed E-state index contributed by atoms with van der Waals surface area (Å²) >= 11 is 1.15. The maximum atomic E-state index is 13.1. The Morgan fingerprint density at radius 1 is 1.00 bits per heavy atom. The zero-order chi connectivity index (χ0) is 24.7. The first kappa shape index (κ1) is 24.9. The fourth-order valence-corrected chi connectivity index (χ4v) is 3.76. The molecule has 0 aliphatic heterocycles. The maximum absolute atomic E-state index is 13.1. The molecule has 1 heterocycles. The second-order valence-corrected chi connectivity index (χ2v) is 8.00. The molecule has 11 heteroatoms. The molecule has 2 N–H and O–H groups in total. The summed E-state index contributed by atoms with van der Waals surface area (Å²) < 4.78 is 39.4. The van der Waals surface area contributed by atoms with Crippen LogP contribution in [0.3, 0.4) is 0 Å². The standard InChI is InChI=1S/C23H21F3N4O3S/c1-2-30(13-19(31)28-18-11-7-6-10-17(18)23(24,25)26)20(32)12-16-14-34-22(27-16)29-21(33)15-8-4-3-5-9-15/h3-11,14H,2,12-13H2,1H3,(H,28,31)(H,27,29,33). The van der Waals surface area contributed by atoms with Crippen LogP contribution in [0.4, 0.5) is 24.0 Å². The van der Waals surface area contributed by atoms with Crippen molar-refractivity contribution in [1.29, 1.82) is 0 Å². The molecule has 0 spiro atoms. The second-order valence-electron chi connectivity index (χ2n) is 7.14. The lowest BCUT2D eigenvalue weighted by Gasteiger charge is -2.21. The lowest BCUT2D eigenvalue weighted by atomic mass is 10.1. The molecule has 0 aliphatic carbocycles. The van der Waals surface area contributed by atoms with Crippen molar-refractivity contribution in [2.45, 2.75) is 19.5 Å². The molecule has 34 heavy (non-hydrogen) atoms. The Labute approximate surface area is 197 Å². The molecule has 0 saturated heterocycles. The fraction of sp³-hybridized carbons (Fsp3) is 0.217. The first-order valence-corrected chi connectivity index (χ1v) is 11.1. The van der Waals surface area contributed by atoms with Gasteiger partial charge in [-0.05, 0) is 31.2 Å². The van der Waals surface area contributed by atoms with Crippen LogP contribution in [0, 0.1) is 0 Å². The molecule has 3 rings (SSSR count). The SMILES string of the molecule is CCN(CC(=O)Nc1ccccc1C(F)(F)F)C(=O)Cc1csc(NC(=O)c2ccccc2)n1. The van der Waals surface area contributed by atoms with Gasteiger partial charge in [0.05, 0.1) is 29.9 Å². The number of hydrogen-bond acceptors (Lipinski definition) is 5. The average Bonchev–Trinajstić information content (AvgIpc) is 3.24. The van der Waals surface area contributed by atoms with Gasteiger partial charge in [-0.25, -0.2) is 4.98 Å². The van der Waals surface area contributed by atoms with E-state index < -0.39 is 30.1 Å². The Morgan fingerprint density at radius 2 is 1.68 bits per heavy atom. The predicted molar refractivity (Wildman–Crippen MR) is 123 cm³/mol. The number of rotatable bonds is 8. The van der Waals surface area contributed by atoms with Crippen molar-refractivity contribution in [2.24, 2.45) is 0 Å². The Bertz CT molecular complexity index is 1170. The zero-order valence-electron chi connectivity index (χ0n) is 18.1. The van der Waals surface area contributed by atoms with Crippen LogP contribution in [-0.4, -0.2) is 40.7 Å². The number of nitrogens with one attached hydrogen (secondary N) is 2. The van der Waals surface area contributed by atoms with Crippen LogP contribution < -0.4 is 10.6 Å². The predicted octanol–water partition coefficient (Wildman–Crippen LogP) is 4.44. The van der Waals surface area contributed by atoms with Crippen LogP contribution in [-0.2, 0) is 22.2 Å². The van der Waals surface area contributed by atoms with E-state index in [2.05, 4.69) is 15.6 Å². The Balaban J connectivity index is 1.58. The number of carbonyl (C=O) groups excluding carboxylic acids is 3. The van der Waals surface area contributed by atoms with Gasteiger partial charge in [-0.2, -0.15) is 13.2 Å². The van der Waals surface area contributed by atoms with E-state index in [9.17, 15) is 27.6 Å². The van der Waals surface area contributed by atoms with Gasteiger partial charge in [0.1, 0.15) is 0 Å². The highest BCUT2D eigenvalue weighted by molar-refractivity contribution is 7.14. The van der Waals surface area contributed by atoms with E-state index in [1.54, 1.807) is 42.6 Å². The van der Waals surface area contributed by atoms with Crippen LogP contribution >= 0.6 is 11.3 Å². The summed E-state index contributed by atoms with van der Waals surface area (Å²) in [7, 11) is 0. The second kappa shape index (κ2) is 10.9. The van der Waals surface area contributed by atoms with Gasteiger partial charge >= 0.3 is 6.18 Å². The molecule has 0 atom stereocenters. The highest BCUT2D eigenvalue weighted by Gasteiger charge is 2.33. The van der Waals surface area contributed by atoms with Crippen molar-refractivity contribution in [3.63, 3.8) is 0 Å². The Kier molecular flexibility index (Phi) is 8.00. The van der Waals surface area contributed by atoms with Crippen LogP contribution in [0.25, 0.3) is 0 Å². The van der Waals surface area contributed by atoms with E-state index >= 15 is 0 Å². The van der Waals surface area contributed by atoms with Gasteiger partial charge < -0.3 is 10.2 Å². The molecule has 3 aromatic rings. The summed E-state index contributed by atoms with van der Waals surface area (Å²) in [5.41, 5.74) is -0.475. The van der Waals surface area contributed by atoms with Gasteiger partial charge in [-0.15, -0.1) is 11.3 Å². The van der Waals surface area contributed by atoms with E-state index in [1.165, 1.54) is 17.0 Å². The number of para-hydroxylation sites is 1. The number of thiazole rings is 1. The third-order valence-electron chi connectivity index (χ3n) is 4.72. The van der Waals surface area contributed by atoms with Gasteiger partial charge in [-0.1, -0.05) is 30.3 Å². The summed E-state index contributed by atoms with van der Waals surface area (Å²) in [5, 5.41) is 6.83. The lowest BCUT2D eigenvalue weighted by molar-refractivity contribution is -0.137. The molecule has 1 aromatic heterocycles. The number of nitrogens with zero attached hydrogens (tertiary/aromatic N) is 2. The minimum Gasteiger partial charge on any atom is -0.333 e. The molecule has 0 aliphatic rings. The minimum atomic E-state index is -4.62. The van der Waals surface area contributed by atoms with E-state index in [-0.39, 0.29) is 24.6 Å². The molecule has 7 nitrogen and oxygen atoms in total. The molecule has 178 valence electrons. The van der Waals surface area contributed by atoms with Crippen molar-refractivity contribution in [2.75, 3.05) is 23.7 Å². The van der Waals surface area contributed by atoms with E-state index in [4.69, 9.17) is 0 Å². The van der Waals surface area contributed by atoms with Gasteiger partial charge in [0.25, 0.3) is 5.91 Å². The number of aromatic nitrogens is 1. The number of likely N-dealkylation sites (N-methyl/N-ethyl adjacent to an activating group) is 1. The van der Waals surface area contributed by atoms with Crippen molar-refractivity contribution in [3.05, 3.63) is 76.8 Å². The van der Waals surface area contributed by atoms with E-state index in [0.717, 1.165) is 23.5 Å². The van der Waals surface area contributed by atoms with Gasteiger partial charge in [0.2, 0.25) is 11.8 Å². The minimum absolute atomic E-state index is 0.127. The summed E-state index contributed by atoms with van der Waals surface area (Å²) in [4.78, 5) is 42.7. The number of amides is 3. The maximum Gasteiger partial charge on any atom is 0.418 e. The molecular formula is C23H21F3N4O3S. The molecular weight excluding hydrogens is 469 g/mol. The van der Waals surface area contributed by atoms with E-state index in [0.29, 0.717) is 16.4 Å². The molecule has 0 fully saturated rings. The molecule has 0 bridgehead atoms. The highest BCUT2D eigenvalue weighted by atomic mass is 32.1. The number of hydrogen-bond donors (Lipinski definition) is 2. The van der Waals surface area contributed by atoms with Gasteiger partial charge in [0.15, 0.2) is 5.13 Å². The number of benzene rings is 2. The zero-order valence-corrected chi connectivity index (χ0v) is 18.9. The number of halogens is 3. The third-order valence-corrected chi connectivity index (χ3v) is 5.52. The molecule has 2 aromatic carbocycles. The third kappa shape index (κ3) is 6.64. The van der Waals surface area contributed by atoms with E-state index in [1.807, 2.05) is 0 Å². The molecule has 0 radical (unpaired) electrons. The van der Waals surface area contributed by atoms with Crippen LogP contribution in [0.1, 0.15) is 28.5 Å². The number of alkyl halides is 3. The first-order valence-electron chi connectivity index (χ1n) is 10.2. The molecule has 3 amide bonds. The largest absolute Gasteiger partial charge is 0.418 e. The normalized spacial score (nSPS) is 11.1. The van der Waals surface area contributed by atoms with Crippen molar-refractivity contribution < 1.29 is 27.6 Å². The monoisotopic (exact) mass is 490 g/mol. The van der Waals surface area contributed by atoms with Crippen LogP contribution in [0.15, 0.2) is 60.0 Å². The van der Waals surface area contributed by atoms with Crippen molar-refractivity contribution in [3.8, 4) is 0 Å². The Hall–Kier alpha value is -3.73. The summed E-state index contributed by atoms with van der Waals surface area (Å²) in [6.07, 6.45) is -4.75. The van der Waals surface area contributed by atoms with Crippen LogP contribution in [0.5, 0.6) is 0 Å². The summed E-state index contributed by atoms with van der Waals surface area (Å²) in [6, 6.07) is 13.2. The topological polar surface area (TPSA) is 91.4 Å². The van der Waals surface area contributed by atoms with Gasteiger partial charge in [0, 0.05) is 17.5 Å². The molecule has 0 unspecified atom stereocenters. The quantitative estimate of drug-likeness (QED) is 0.488. The average molecular weight is 491 g/mol.